The summed E-state index contributed by atoms with van der Waals surface area (Å²) in [6.45, 7) is 7.95. The van der Waals surface area contributed by atoms with Crippen molar-refractivity contribution in [1.82, 2.24) is 5.16 Å². The molecule has 5 heteroatoms. The minimum atomic E-state index is -0.111. The number of rotatable bonds is 8. The van der Waals surface area contributed by atoms with Crippen LogP contribution in [0.4, 0.5) is 0 Å². The van der Waals surface area contributed by atoms with Crippen LogP contribution >= 0.6 is 0 Å². The third-order valence-corrected chi connectivity index (χ3v) is 4.15. The van der Waals surface area contributed by atoms with Gasteiger partial charge in [-0.05, 0) is 26.0 Å². The Morgan fingerprint density at radius 3 is 2.59 bits per heavy atom. The Labute approximate surface area is 158 Å². The minimum absolute atomic E-state index is 0.111. The Morgan fingerprint density at radius 1 is 1.15 bits per heavy atom. The van der Waals surface area contributed by atoms with Crippen LogP contribution < -0.4 is 9.47 Å². The van der Waals surface area contributed by atoms with E-state index in [-0.39, 0.29) is 12.4 Å². The lowest BCUT2D eigenvalue weighted by Gasteiger charge is -2.13. The van der Waals surface area contributed by atoms with Gasteiger partial charge in [0.15, 0.2) is 5.78 Å². The van der Waals surface area contributed by atoms with E-state index in [1.807, 2.05) is 32.0 Å². The van der Waals surface area contributed by atoms with Gasteiger partial charge in [-0.15, -0.1) is 0 Å². The van der Waals surface area contributed by atoms with Crippen molar-refractivity contribution in [3.8, 4) is 11.5 Å². The van der Waals surface area contributed by atoms with E-state index in [0.717, 1.165) is 11.3 Å². The molecule has 0 saturated heterocycles. The van der Waals surface area contributed by atoms with Crippen molar-refractivity contribution >= 4 is 5.78 Å². The summed E-state index contributed by atoms with van der Waals surface area (Å²) in [4.78, 5) is 12.9. The van der Waals surface area contributed by atoms with Gasteiger partial charge in [-0.25, -0.2) is 0 Å². The Hall–Kier alpha value is -3.34. The van der Waals surface area contributed by atoms with Gasteiger partial charge < -0.3 is 14.0 Å². The van der Waals surface area contributed by atoms with Crippen molar-refractivity contribution in [3.05, 3.63) is 89.3 Å². The maximum atomic E-state index is 12.9. The lowest BCUT2D eigenvalue weighted by atomic mass is 10.0. The van der Waals surface area contributed by atoms with E-state index in [1.54, 1.807) is 36.4 Å². The summed E-state index contributed by atoms with van der Waals surface area (Å²) in [5, 5.41) is 3.93. The summed E-state index contributed by atoms with van der Waals surface area (Å²) in [5.74, 6) is 1.64. The Morgan fingerprint density at radius 2 is 1.93 bits per heavy atom. The second kappa shape index (κ2) is 8.36. The molecule has 0 aliphatic heterocycles. The van der Waals surface area contributed by atoms with Crippen molar-refractivity contribution in [3.63, 3.8) is 0 Å². The quantitative estimate of drug-likeness (QED) is 0.430. The monoisotopic (exact) mass is 363 g/mol. The molecule has 138 valence electrons. The average Bonchev–Trinajstić information content (AvgIpc) is 3.02. The second-order valence-electron chi connectivity index (χ2n) is 6.04. The Kier molecular flexibility index (Phi) is 5.71. The van der Waals surface area contributed by atoms with Crippen LogP contribution in [0.15, 0.2) is 65.7 Å². The van der Waals surface area contributed by atoms with Crippen LogP contribution in [-0.2, 0) is 6.61 Å². The van der Waals surface area contributed by atoms with E-state index in [4.69, 9.17) is 14.0 Å². The fourth-order valence-electron chi connectivity index (χ4n) is 2.66. The van der Waals surface area contributed by atoms with Gasteiger partial charge in [-0.1, -0.05) is 48.1 Å². The standard InChI is InChI=1S/C22H21NO4/c1-4-12-25-18-10-11-19(22(24)17-8-6-5-7-9-17)21(13-18)26-14-20-15(2)23-27-16(20)3/h4-11,13H,1,12,14H2,2-3H3. The highest BCUT2D eigenvalue weighted by atomic mass is 16.5. The summed E-state index contributed by atoms with van der Waals surface area (Å²) in [6.07, 6.45) is 1.66. The van der Waals surface area contributed by atoms with Crippen LogP contribution in [0.2, 0.25) is 0 Å². The molecule has 0 aliphatic rings. The first-order chi connectivity index (χ1) is 13.1. The number of hydrogen-bond acceptors (Lipinski definition) is 5. The summed E-state index contributed by atoms with van der Waals surface area (Å²) in [5.41, 5.74) is 2.70. The molecule has 2 aromatic carbocycles. The number of benzene rings is 2. The molecule has 0 atom stereocenters. The summed E-state index contributed by atoms with van der Waals surface area (Å²) < 4.78 is 16.7. The molecule has 1 heterocycles. The van der Waals surface area contributed by atoms with Gasteiger partial charge in [0, 0.05) is 11.6 Å². The molecule has 3 rings (SSSR count). The number of aromatic nitrogens is 1. The van der Waals surface area contributed by atoms with E-state index in [0.29, 0.717) is 35.0 Å². The topological polar surface area (TPSA) is 61.6 Å². The zero-order valence-electron chi connectivity index (χ0n) is 15.4. The molecule has 0 bridgehead atoms. The highest BCUT2D eigenvalue weighted by Gasteiger charge is 2.17. The van der Waals surface area contributed by atoms with Crippen LogP contribution in [-0.4, -0.2) is 17.5 Å². The van der Waals surface area contributed by atoms with Gasteiger partial charge in [0.05, 0.1) is 16.8 Å². The van der Waals surface area contributed by atoms with Crippen molar-refractivity contribution in [2.75, 3.05) is 6.61 Å². The number of ketones is 1. The van der Waals surface area contributed by atoms with Crippen LogP contribution in [0.25, 0.3) is 0 Å². The fraction of sp³-hybridized carbons (Fsp3) is 0.182. The Bertz CT molecular complexity index is 925. The van der Waals surface area contributed by atoms with Crippen LogP contribution in [0, 0.1) is 13.8 Å². The molecule has 1 aromatic heterocycles. The second-order valence-corrected chi connectivity index (χ2v) is 6.04. The molecule has 0 amide bonds. The van der Waals surface area contributed by atoms with E-state index in [1.165, 1.54) is 0 Å². The van der Waals surface area contributed by atoms with E-state index < -0.39 is 0 Å². The van der Waals surface area contributed by atoms with E-state index in [9.17, 15) is 4.79 Å². The third-order valence-electron chi connectivity index (χ3n) is 4.15. The Balaban J connectivity index is 1.92. The minimum Gasteiger partial charge on any atom is -0.489 e. The smallest absolute Gasteiger partial charge is 0.196 e. The first kappa shape index (κ1) is 18.5. The number of ether oxygens (including phenoxy) is 2. The number of carbonyl (C=O) groups excluding carboxylic acids is 1. The first-order valence-electron chi connectivity index (χ1n) is 8.62. The largest absolute Gasteiger partial charge is 0.489 e. The predicted octanol–water partition coefficient (Wildman–Crippen LogP) is 4.67. The molecule has 0 aliphatic carbocycles. The lowest BCUT2D eigenvalue weighted by Crippen LogP contribution is -2.07. The van der Waals surface area contributed by atoms with E-state index in [2.05, 4.69) is 11.7 Å². The lowest BCUT2D eigenvalue weighted by molar-refractivity contribution is 0.103. The normalized spacial score (nSPS) is 10.4. The molecular weight excluding hydrogens is 342 g/mol. The zero-order chi connectivity index (χ0) is 19.2. The molecule has 0 radical (unpaired) electrons. The molecular formula is C22H21NO4. The van der Waals surface area contributed by atoms with Gasteiger partial charge in [0.2, 0.25) is 0 Å². The molecule has 0 unspecified atom stereocenters. The molecule has 0 saturated carbocycles. The summed E-state index contributed by atoms with van der Waals surface area (Å²) in [6, 6.07) is 14.3. The molecule has 3 aromatic rings. The highest BCUT2D eigenvalue weighted by molar-refractivity contribution is 6.10. The van der Waals surface area contributed by atoms with Gasteiger partial charge in [-0.3, -0.25) is 4.79 Å². The predicted molar refractivity (Wildman–Crippen MR) is 102 cm³/mol. The average molecular weight is 363 g/mol. The van der Waals surface area contributed by atoms with Crippen molar-refractivity contribution in [2.24, 2.45) is 0 Å². The number of nitrogens with zero attached hydrogens (tertiary/aromatic N) is 1. The highest BCUT2D eigenvalue weighted by Crippen LogP contribution is 2.29. The first-order valence-corrected chi connectivity index (χ1v) is 8.62. The van der Waals surface area contributed by atoms with Gasteiger partial charge >= 0.3 is 0 Å². The fourth-order valence-corrected chi connectivity index (χ4v) is 2.66. The molecule has 27 heavy (non-hydrogen) atoms. The molecule has 0 fully saturated rings. The van der Waals surface area contributed by atoms with Gasteiger partial charge in [0.25, 0.3) is 0 Å². The molecule has 0 N–H and O–H groups in total. The SMILES string of the molecule is C=CCOc1ccc(C(=O)c2ccccc2)c(OCc2c(C)noc2C)c1. The third kappa shape index (κ3) is 4.26. The van der Waals surface area contributed by atoms with Gasteiger partial charge in [0.1, 0.15) is 30.5 Å². The summed E-state index contributed by atoms with van der Waals surface area (Å²) in [7, 11) is 0. The van der Waals surface area contributed by atoms with Crippen LogP contribution in [0.1, 0.15) is 32.9 Å². The number of aryl methyl sites for hydroxylation is 2. The van der Waals surface area contributed by atoms with Crippen LogP contribution in [0.5, 0.6) is 11.5 Å². The van der Waals surface area contributed by atoms with E-state index >= 15 is 0 Å². The molecule has 0 spiro atoms. The maximum Gasteiger partial charge on any atom is 0.196 e. The number of carbonyl (C=O) groups is 1. The van der Waals surface area contributed by atoms with Crippen molar-refractivity contribution in [1.29, 1.82) is 0 Å². The molecule has 5 nitrogen and oxygen atoms in total. The van der Waals surface area contributed by atoms with Crippen LogP contribution in [0.3, 0.4) is 0 Å². The zero-order valence-corrected chi connectivity index (χ0v) is 15.4. The summed E-state index contributed by atoms with van der Waals surface area (Å²) >= 11 is 0. The number of hydrogen-bond donors (Lipinski definition) is 0. The van der Waals surface area contributed by atoms with Crippen molar-refractivity contribution in [2.45, 2.75) is 20.5 Å². The van der Waals surface area contributed by atoms with Gasteiger partial charge in [-0.2, -0.15) is 0 Å². The van der Waals surface area contributed by atoms with Crippen molar-refractivity contribution < 1.29 is 18.8 Å². The maximum absolute atomic E-state index is 12.9.